The molecule has 33 valence electrons. The van der Waals surface area contributed by atoms with E-state index in [9.17, 15) is 0 Å². The van der Waals surface area contributed by atoms with Crippen LogP contribution in [0.3, 0.4) is 0 Å². The second-order valence-electron chi connectivity index (χ2n) is 0. The SMILES string of the molecule is CO.CO.[P]. The van der Waals surface area contributed by atoms with Gasteiger partial charge in [-0.15, -0.1) is 0 Å². The van der Waals surface area contributed by atoms with Crippen molar-refractivity contribution in [3.8, 4) is 0 Å². The van der Waals surface area contributed by atoms with Gasteiger partial charge in [0.25, 0.3) is 0 Å². The van der Waals surface area contributed by atoms with Crippen molar-refractivity contribution in [2.45, 2.75) is 0 Å². The van der Waals surface area contributed by atoms with Crippen LogP contribution in [0.5, 0.6) is 0 Å². The van der Waals surface area contributed by atoms with E-state index in [1.165, 1.54) is 0 Å². The summed E-state index contributed by atoms with van der Waals surface area (Å²) >= 11 is 0. The maximum Gasteiger partial charge on any atom is 0.0319 e. The smallest absolute Gasteiger partial charge is 0.0319 e. The number of hydrogen-bond acceptors (Lipinski definition) is 2. The first-order chi connectivity index (χ1) is 2.00. The lowest BCUT2D eigenvalue weighted by Crippen LogP contribution is -1.25. The van der Waals surface area contributed by atoms with Crippen LogP contribution in [0.1, 0.15) is 0 Å². The number of aliphatic hydroxyl groups excluding tert-OH is 2. The summed E-state index contributed by atoms with van der Waals surface area (Å²) in [5, 5.41) is 14.0. The number of rotatable bonds is 0. The van der Waals surface area contributed by atoms with Crippen molar-refractivity contribution in [2.24, 2.45) is 0 Å². The van der Waals surface area contributed by atoms with Gasteiger partial charge in [0.1, 0.15) is 0 Å². The zero-order valence-electron chi connectivity index (χ0n) is 3.34. The van der Waals surface area contributed by atoms with E-state index in [2.05, 4.69) is 0 Å². The molecule has 0 bridgehead atoms. The Hall–Kier alpha value is 0.350. The van der Waals surface area contributed by atoms with Crippen molar-refractivity contribution >= 4 is 9.90 Å². The van der Waals surface area contributed by atoms with Gasteiger partial charge in [0, 0.05) is 24.1 Å². The average molecular weight is 95.1 g/mol. The predicted octanol–water partition coefficient (Wildman–Crippen LogP) is 0.0782. The van der Waals surface area contributed by atoms with Gasteiger partial charge < -0.3 is 10.2 Å². The minimum atomic E-state index is 0. The standard InChI is InChI=1S/2CH4O.P/c2*1-2;/h2*2H,1H3;. The van der Waals surface area contributed by atoms with Gasteiger partial charge in [-0.05, 0) is 0 Å². The fourth-order valence-corrected chi connectivity index (χ4v) is 0. The summed E-state index contributed by atoms with van der Waals surface area (Å²) in [6, 6.07) is 0. The lowest BCUT2D eigenvalue weighted by atomic mass is 11.8. The van der Waals surface area contributed by atoms with Gasteiger partial charge >= 0.3 is 0 Å². The maximum atomic E-state index is 7.00. The van der Waals surface area contributed by atoms with Crippen LogP contribution < -0.4 is 0 Å². The van der Waals surface area contributed by atoms with E-state index < -0.39 is 0 Å². The van der Waals surface area contributed by atoms with E-state index in [-0.39, 0.29) is 9.90 Å². The van der Waals surface area contributed by atoms with Crippen LogP contribution in [-0.2, 0) is 0 Å². The second kappa shape index (κ2) is 399. The number of hydrogen-bond donors (Lipinski definition) is 2. The third-order valence-electron chi connectivity index (χ3n) is 0. The molecular formula is C2H8O2P. The average Bonchev–Trinajstić information content (AvgIpc) is 1.50. The highest BCUT2D eigenvalue weighted by molar-refractivity contribution is 6.92. The molecule has 2 nitrogen and oxygen atoms in total. The van der Waals surface area contributed by atoms with Crippen LogP contribution in [0.4, 0.5) is 0 Å². The molecule has 0 rings (SSSR count). The molecule has 3 radical (unpaired) electrons. The normalized spacial score (nSPS) is 2.40. The van der Waals surface area contributed by atoms with E-state index in [1.54, 1.807) is 0 Å². The zero-order valence-corrected chi connectivity index (χ0v) is 4.24. The highest BCUT2D eigenvalue weighted by Crippen LogP contribution is 0.861. The Morgan fingerprint density at radius 1 is 0.800 bits per heavy atom. The van der Waals surface area contributed by atoms with Gasteiger partial charge in [0.15, 0.2) is 0 Å². The molecule has 0 saturated heterocycles. The molecule has 0 unspecified atom stereocenters. The molecule has 0 aliphatic rings. The van der Waals surface area contributed by atoms with Crippen LogP contribution in [0.2, 0.25) is 0 Å². The lowest BCUT2D eigenvalue weighted by molar-refractivity contribution is 0.399. The van der Waals surface area contributed by atoms with E-state index in [4.69, 9.17) is 10.2 Å². The van der Waals surface area contributed by atoms with Gasteiger partial charge in [-0.1, -0.05) is 0 Å². The predicted molar refractivity (Wildman–Crippen MR) is 23.2 cm³/mol. The monoisotopic (exact) mass is 95.0 g/mol. The Morgan fingerprint density at radius 2 is 0.800 bits per heavy atom. The van der Waals surface area contributed by atoms with E-state index in [1.807, 2.05) is 0 Å². The molecule has 0 aliphatic heterocycles. The van der Waals surface area contributed by atoms with Crippen molar-refractivity contribution in [3.63, 3.8) is 0 Å². The summed E-state index contributed by atoms with van der Waals surface area (Å²) in [6.45, 7) is 0. The third kappa shape index (κ3) is 196. The molecule has 0 aromatic carbocycles. The van der Waals surface area contributed by atoms with Gasteiger partial charge in [0.05, 0.1) is 0 Å². The fraction of sp³-hybridized carbons (Fsp3) is 1.00. The van der Waals surface area contributed by atoms with Crippen molar-refractivity contribution in [1.29, 1.82) is 0 Å². The first kappa shape index (κ1) is 18.3. The lowest BCUT2D eigenvalue weighted by Gasteiger charge is -1.21. The van der Waals surface area contributed by atoms with Gasteiger partial charge in [-0.3, -0.25) is 0 Å². The quantitative estimate of drug-likeness (QED) is 0.418. The van der Waals surface area contributed by atoms with Crippen LogP contribution in [0.25, 0.3) is 0 Å². The highest BCUT2D eigenvalue weighted by Gasteiger charge is 0.841. The van der Waals surface area contributed by atoms with E-state index >= 15 is 0 Å². The maximum absolute atomic E-state index is 7.00. The zero-order chi connectivity index (χ0) is 4.00. The molecule has 0 aromatic rings. The fourth-order valence-electron chi connectivity index (χ4n) is 0. The second-order valence-corrected chi connectivity index (χ2v) is 0. The van der Waals surface area contributed by atoms with Gasteiger partial charge in [-0.25, -0.2) is 0 Å². The first-order valence-electron chi connectivity index (χ1n) is 0.894. The molecule has 0 amide bonds. The minimum Gasteiger partial charge on any atom is -0.400 e. The molecule has 0 spiro atoms. The third-order valence-corrected chi connectivity index (χ3v) is 0. The van der Waals surface area contributed by atoms with E-state index in [0.717, 1.165) is 14.2 Å². The summed E-state index contributed by atoms with van der Waals surface area (Å²) in [4.78, 5) is 0. The molecule has 5 heavy (non-hydrogen) atoms. The highest BCUT2D eigenvalue weighted by atomic mass is 31.0. The molecule has 0 heterocycles. The molecule has 0 saturated carbocycles. The van der Waals surface area contributed by atoms with Crippen molar-refractivity contribution in [2.75, 3.05) is 14.2 Å². The van der Waals surface area contributed by atoms with Crippen molar-refractivity contribution in [1.82, 2.24) is 0 Å². The van der Waals surface area contributed by atoms with Gasteiger partial charge in [-0.2, -0.15) is 0 Å². The summed E-state index contributed by atoms with van der Waals surface area (Å²) in [7, 11) is 2.00. The van der Waals surface area contributed by atoms with Crippen molar-refractivity contribution < 1.29 is 10.2 Å². The topological polar surface area (TPSA) is 40.5 Å². The molecule has 0 aromatic heterocycles. The Kier molecular flexibility index (Phi) is 1460. The molecule has 3 heteroatoms. The molecule has 2 N–H and O–H groups in total. The molecule has 0 atom stereocenters. The van der Waals surface area contributed by atoms with Gasteiger partial charge in [0.2, 0.25) is 0 Å². The summed E-state index contributed by atoms with van der Waals surface area (Å²) in [6.07, 6.45) is 0. The largest absolute Gasteiger partial charge is 0.400 e. The first-order valence-corrected chi connectivity index (χ1v) is 0.894. The Bertz CT molecular complexity index is 7.61. The number of aliphatic hydroxyl groups is 2. The summed E-state index contributed by atoms with van der Waals surface area (Å²) in [5.74, 6) is 0. The minimum absolute atomic E-state index is 0. The summed E-state index contributed by atoms with van der Waals surface area (Å²) < 4.78 is 0. The molecule has 0 fully saturated rings. The summed E-state index contributed by atoms with van der Waals surface area (Å²) in [5.41, 5.74) is 0. The Balaban J connectivity index is -0.0000000133. The van der Waals surface area contributed by atoms with Crippen molar-refractivity contribution in [3.05, 3.63) is 0 Å². The molecule has 0 aliphatic carbocycles. The Labute approximate surface area is 35.4 Å². The van der Waals surface area contributed by atoms with E-state index in [0.29, 0.717) is 0 Å². The molecular weight excluding hydrogens is 87.0 g/mol. The van der Waals surface area contributed by atoms with Crippen LogP contribution in [0, 0.1) is 0 Å². The Morgan fingerprint density at radius 3 is 0.800 bits per heavy atom. The van der Waals surface area contributed by atoms with Crippen LogP contribution in [-0.4, -0.2) is 24.4 Å². The van der Waals surface area contributed by atoms with Crippen LogP contribution >= 0.6 is 9.90 Å². The van der Waals surface area contributed by atoms with Crippen LogP contribution in [0.15, 0.2) is 0 Å².